The van der Waals surface area contributed by atoms with E-state index in [9.17, 15) is 0 Å². The van der Waals surface area contributed by atoms with Crippen LogP contribution in [0, 0.1) is 0 Å². The third-order valence-electron chi connectivity index (χ3n) is 5.19. The molecule has 1 saturated heterocycles. The number of hydrogen-bond acceptors (Lipinski definition) is 4. The number of nitrogens with one attached hydrogen (secondary N) is 2. The highest BCUT2D eigenvalue weighted by Crippen LogP contribution is 2.24. The summed E-state index contributed by atoms with van der Waals surface area (Å²) in [6.07, 6.45) is 2.58. The van der Waals surface area contributed by atoms with Crippen LogP contribution >= 0.6 is 24.0 Å². The van der Waals surface area contributed by atoms with Crippen molar-refractivity contribution >= 4 is 41.4 Å². The zero-order chi connectivity index (χ0) is 20.6. The minimum absolute atomic E-state index is 0. The van der Waals surface area contributed by atoms with Crippen molar-refractivity contribution in [3.8, 4) is 0 Å². The highest BCUT2D eigenvalue weighted by molar-refractivity contribution is 14.0. The standard InChI is InChI=1S/C23H34N6.HI/c1-5-24-23(25-17-20-11-9-13-22(27-20)28(3)4)26-18(2)19-10-8-12-21(16-19)29-14-6-7-15-29;/h8-13,16,18H,5-7,14-15,17H2,1-4H3,(H2,24,25,26);1H. The van der Waals surface area contributed by atoms with Crippen LogP contribution in [-0.2, 0) is 6.54 Å². The second kappa shape index (κ2) is 12.0. The monoisotopic (exact) mass is 522 g/mol. The largest absolute Gasteiger partial charge is 0.372 e. The summed E-state index contributed by atoms with van der Waals surface area (Å²) in [6, 6.07) is 15.1. The van der Waals surface area contributed by atoms with Crippen molar-refractivity contribution in [2.24, 2.45) is 4.99 Å². The van der Waals surface area contributed by atoms with Crippen molar-refractivity contribution in [1.82, 2.24) is 15.6 Å². The normalized spacial score (nSPS) is 14.8. The maximum absolute atomic E-state index is 4.75. The topological polar surface area (TPSA) is 55.8 Å². The minimum Gasteiger partial charge on any atom is -0.372 e. The quantitative estimate of drug-likeness (QED) is 0.325. The first-order valence-electron chi connectivity index (χ1n) is 10.6. The summed E-state index contributed by atoms with van der Waals surface area (Å²) in [5.41, 5.74) is 3.55. The van der Waals surface area contributed by atoms with Crippen LogP contribution in [0.4, 0.5) is 11.5 Å². The summed E-state index contributed by atoms with van der Waals surface area (Å²) in [5, 5.41) is 6.89. The van der Waals surface area contributed by atoms with Gasteiger partial charge in [0.25, 0.3) is 0 Å². The minimum atomic E-state index is 0. The molecule has 0 amide bonds. The van der Waals surface area contributed by atoms with Gasteiger partial charge in [0.05, 0.1) is 18.3 Å². The fraction of sp³-hybridized carbons (Fsp3) is 0.478. The molecule has 2 N–H and O–H groups in total. The molecule has 1 aromatic carbocycles. The Hall–Kier alpha value is -2.03. The average molecular weight is 522 g/mol. The molecular weight excluding hydrogens is 487 g/mol. The Kier molecular flexibility index (Phi) is 9.68. The summed E-state index contributed by atoms with van der Waals surface area (Å²) >= 11 is 0. The lowest BCUT2D eigenvalue weighted by Crippen LogP contribution is -2.38. The van der Waals surface area contributed by atoms with Gasteiger partial charge < -0.3 is 20.4 Å². The molecule has 0 aliphatic carbocycles. The number of aromatic nitrogens is 1. The van der Waals surface area contributed by atoms with Crippen molar-refractivity contribution in [3.05, 3.63) is 53.7 Å². The van der Waals surface area contributed by atoms with Crippen LogP contribution in [0.2, 0.25) is 0 Å². The maximum atomic E-state index is 4.75. The molecule has 0 radical (unpaired) electrons. The Bertz CT molecular complexity index is 817. The van der Waals surface area contributed by atoms with Gasteiger partial charge in [-0.2, -0.15) is 0 Å². The summed E-state index contributed by atoms with van der Waals surface area (Å²) in [4.78, 5) is 13.9. The second-order valence-corrected chi connectivity index (χ2v) is 7.73. The van der Waals surface area contributed by atoms with Crippen LogP contribution in [0.3, 0.4) is 0 Å². The lowest BCUT2D eigenvalue weighted by molar-refractivity contribution is 0.685. The third-order valence-corrected chi connectivity index (χ3v) is 5.19. The van der Waals surface area contributed by atoms with Gasteiger partial charge in [0.2, 0.25) is 0 Å². The van der Waals surface area contributed by atoms with Crippen molar-refractivity contribution in [3.63, 3.8) is 0 Å². The van der Waals surface area contributed by atoms with E-state index in [1.54, 1.807) is 0 Å². The molecule has 1 atom stereocenters. The molecule has 6 nitrogen and oxygen atoms in total. The lowest BCUT2D eigenvalue weighted by atomic mass is 10.1. The zero-order valence-electron chi connectivity index (χ0n) is 18.6. The smallest absolute Gasteiger partial charge is 0.192 e. The van der Waals surface area contributed by atoms with E-state index in [4.69, 9.17) is 4.99 Å². The molecule has 0 saturated carbocycles. The second-order valence-electron chi connectivity index (χ2n) is 7.73. The summed E-state index contributed by atoms with van der Waals surface area (Å²) < 4.78 is 0. The van der Waals surface area contributed by atoms with Crippen LogP contribution in [0.15, 0.2) is 47.5 Å². The van der Waals surface area contributed by atoms with E-state index in [2.05, 4.69) is 58.6 Å². The number of nitrogens with zero attached hydrogens (tertiary/aromatic N) is 4. The van der Waals surface area contributed by atoms with E-state index in [1.807, 2.05) is 37.2 Å². The molecule has 2 aromatic rings. The molecular formula is C23H35IN6. The highest BCUT2D eigenvalue weighted by Gasteiger charge is 2.14. The molecule has 30 heavy (non-hydrogen) atoms. The van der Waals surface area contributed by atoms with E-state index in [1.165, 1.54) is 24.1 Å². The molecule has 2 heterocycles. The van der Waals surface area contributed by atoms with Gasteiger partial charge in [0.1, 0.15) is 5.82 Å². The van der Waals surface area contributed by atoms with Gasteiger partial charge >= 0.3 is 0 Å². The van der Waals surface area contributed by atoms with E-state index in [-0.39, 0.29) is 30.0 Å². The van der Waals surface area contributed by atoms with Gasteiger partial charge in [-0.1, -0.05) is 18.2 Å². The van der Waals surface area contributed by atoms with Gasteiger partial charge in [-0.05, 0) is 56.5 Å². The first kappa shape index (κ1) is 24.2. The lowest BCUT2D eigenvalue weighted by Gasteiger charge is -2.22. The number of hydrogen-bond donors (Lipinski definition) is 2. The van der Waals surface area contributed by atoms with Crippen molar-refractivity contribution in [1.29, 1.82) is 0 Å². The van der Waals surface area contributed by atoms with Crippen LogP contribution in [0.25, 0.3) is 0 Å². The molecule has 1 aliphatic rings. The van der Waals surface area contributed by atoms with Crippen LogP contribution in [0.5, 0.6) is 0 Å². The summed E-state index contributed by atoms with van der Waals surface area (Å²) in [5.74, 6) is 1.76. The molecule has 3 rings (SSSR count). The molecule has 1 aromatic heterocycles. The highest BCUT2D eigenvalue weighted by atomic mass is 127. The van der Waals surface area contributed by atoms with Crippen LogP contribution in [0.1, 0.15) is 44.0 Å². The fourth-order valence-corrected chi connectivity index (χ4v) is 3.54. The Morgan fingerprint density at radius 1 is 1.17 bits per heavy atom. The van der Waals surface area contributed by atoms with Crippen LogP contribution < -0.4 is 20.4 Å². The first-order valence-corrected chi connectivity index (χ1v) is 10.6. The molecule has 1 aliphatic heterocycles. The van der Waals surface area contributed by atoms with Gasteiger partial charge in [0.15, 0.2) is 5.96 Å². The third kappa shape index (κ3) is 6.75. The first-order chi connectivity index (χ1) is 14.1. The molecule has 1 fully saturated rings. The maximum Gasteiger partial charge on any atom is 0.192 e. The van der Waals surface area contributed by atoms with Crippen molar-refractivity contribution in [2.75, 3.05) is 43.5 Å². The summed E-state index contributed by atoms with van der Waals surface area (Å²) in [7, 11) is 4.00. The van der Waals surface area contributed by atoms with E-state index in [0.29, 0.717) is 6.54 Å². The number of guanidine groups is 1. The van der Waals surface area contributed by atoms with Gasteiger partial charge in [-0.15, -0.1) is 24.0 Å². The van der Waals surface area contributed by atoms with Crippen molar-refractivity contribution in [2.45, 2.75) is 39.3 Å². The number of benzene rings is 1. The Labute approximate surface area is 198 Å². The average Bonchev–Trinajstić information content (AvgIpc) is 3.27. The van der Waals surface area contributed by atoms with E-state index in [0.717, 1.165) is 37.1 Å². The van der Waals surface area contributed by atoms with E-state index < -0.39 is 0 Å². The van der Waals surface area contributed by atoms with Crippen LogP contribution in [-0.4, -0.2) is 44.7 Å². The predicted octanol–water partition coefficient (Wildman–Crippen LogP) is 4.18. The summed E-state index contributed by atoms with van der Waals surface area (Å²) in [6.45, 7) is 7.94. The van der Waals surface area contributed by atoms with Gasteiger partial charge in [0, 0.05) is 39.4 Å². The van der Waals surface area contributed by atoms with Gasteiger partial charge in [-0.25, -0.2) is 9.98 Å². The zero-order valence-corrected chi connectivity index (χ0v) is 20.9. The number of anilines is 2. The molecule has 0 bridgehead atoms. The Balaban J connectivity index is 0.00000320. The van der Waals surface area contributed by atoms with Crippen molar-refractivity contribution < 1.29 is 0 Å². The molecule has 0 spiro atoms. The Morgan fingerprint density at radius 3 is 2.60 bits per heavy atom. The Morgan fingerprint density at radius 2 is 1.90 bits per heavy atom. The molecule has 1 unspecified atom stereocenters. The predicted molar refractivity (Wildman–Crippen MR) is 138 cm³/mol. The fourth-order valence-electron chi connectivity index (χ4n) is 3.54. The molecule has 7 heteroatoms. The van der Waals surface area contributed by atoms with E-state index >= 15 is 0 Å². The number of halogens is 1. The van der Waals surface area contributed by atoms with Gasteiger partial charge in [-0.3, -0.25) is 0 Å². The SMILES string of the molecule is CCNC(=NCc1cccc(N(C)C)n1)NC(C)c1cccc(N2CCCC2)c1.I. The number of aliphatic imine (C=N–C) groups is 1. The number of rotatable bonds is 7. The number of pyridine rings is 1. The molecule has 164 valence electrons.